The van der Waals surface area contributed by atoms with Crippen molar-refractivity contribution in [3.63, 3.8) is 0 Å². The van der Waals surface area contributed by atoms with Crippen LogP contribution in [0, 0.1) is 5.41 Å². The van der Waals surface area contributed by atoms with Gasteiger partial charge >= 0.3 is 0 Å². The minimum absolute atomic E-state index is 0. The van der Waals surface area contributed by atoms with Crippen molar-refractivity contribution in [2.45, 2.75) is 38.5 Å². The van der Waals surface area contributed by atoms with Crippen molar-refractivity contribution in [1.82, 2.24) is 15.5 Å². The molecule has 1 spiro atoms. The van der Waals surface area contributed by atoms with Crippen LogP contribution in [0.2, 0.25) is 0 Å². The average molecular weight is 394 g/mol. The Morgan fingerprint density at radius 2 is 1.95 bits per heavy atom. The SMILES string of the molecule is CN=C(NCC(=O)NC)N1CCC2(CCCCC2)C1.I. The smallest absolute Gasteiger partial charge is 0.239 e. The van der Waals surface area contributed by atoms with Crippen LogP contribution >= 0.6 is 24.0 Å². The van der Waals surface area contributed by atoms with E-state index in [-0.39, 0.29) is 29.9 Å². The number of carbonyl (C=O) groups is 1. The zero-order chi connectivity index (χ0) is 13.7. The predicted octanol–water partition coefficient (Wildman–Crippen LogP) is 1.58. The normalized spacial score (nSPS) is 21.5. The first kappa shape index (κ1) is 17.5. The zero-order valence-corrected chi connectivity index (χ0v) is 14.9. The summed E-state index contributed by atoms with van der Waals surface area (Å²) in [6, 6.07) is 0. The molecule has 1 aliphatic heterocycles. The maximum absolute atomic E-state index is 11.3. The number of nitrogens with one attached hydrogen (secondary N) is 2. The van der Waals surface area contributed by atoms with Gasteiger partial charge in [0.05, 0.1) is 6.54 Å². The molecule has 0 bridgehead atoms. The second kappa shape index (κ2) is 8.05. The first-order chi connectivity index (χ1) is 9.19. The lowest BCUT2D eigenvalue weighted by Gasteiger charge is -2.33. The van der Waals surface area contributed by atoms with Crippen molar-refractivity contribution in [3.8, 4) is 0 Å². The molecule has 0 aromatic rings. The minimum atomic E-state index is -0.00673. The number of nitrogens with zero attached hydrogens (tertiary/aromatic N) is 2. The van der Waals surface area contributed by atoms with E-state index < -0.39 is 0 Å². The third kappa shape index (κ3) is 4.23. The first-order valence-electron chi connectivity index (χ1n) is 7.35. The fourth-order valence-corrected chi connectivity index (χ4v) is 3.41. The summed E-state index contributed by atoms with van der Waals surface area (Å²) in [6.45, 7) is 2.46. The molecule has 0 atom stereocenters. The maximum Gasteiger partial charge on any atom is 0.239 e. The number of halogens is 1. The molecule has 1 saturated carbocycles. The molecule has 0 aromatic carbocycles. The van der Waals surface area contributed by atoms with E-state index in [1.807, 2.05) is 0 Å². The van der Waals surface area contributed by atoms with Crippen LogP contribution in [0.15, 0.2) is 4.99 Å². The zero-order valence-electron chi connectivity index (χ0n) is 12.6. The van der Waals surface area contributed by atoms with Crippen molar-refractivity contribution in [3.05, 3.63) is 0 Å². The van der Waals surface area contributed by atoms with Crippen LogP contribution in [0.3, 0.4) is 0 Å². The van der Waals surface area contributed by atoms with Gasteiger partial charge in [-0.05, 0) is 24.7 Å². The highest BCUT2D eigenvalue weighted by Gasteiger charge is 2.39. The first-order valence-corrected chi connectivity index (χ1v) is 7.35. The molecule has 2 aliphatic rings. The molecule has 6 heteroatoms. The summed E-state index contributed by atoms with van der Waals surface area (Å²) in [7, 11) is 3.44. The van der Waals surface area contributed by atoms with Crippen LogP contribution in [-0.4, -0.2) is 50.5 Å². The molecule has 0 unspecified atom stereocenters. The van der Waals surface area contributed by atoms with Gasteiger partial charge in [0, 0.05) is 27.2 Å². The van der Waals surface area contributed by atoms with E-state index in [4.69, 9.17) is 0 Å². The minimum Gasteiger partial charge on any atom is -0.358 e. The lowest BCUT2D eigenvalue weighted by Crippen LogP contribution is -2.45. The quantitative estimate of drug-likeness (QED) is 0.425. The van der Waals surface area contributed by atoms with Crippen LogP contribution in [-0.2, 0) is 4.79 Å². The Hall–Kier alpha value is -0.530. The molecule has 1 saturated heterocycles. The number of guanidine groups is 1. The molecule has 0 radical (unpaired) electrons. The van der Waals surface area contributed by atoms with E-state index in [2.05, 4.69) is 20.5 Å². The monoisotopic (exact) mass is 394 g/mol. The predicted molar refractivity (Wildman–Crippen MR) is 92.6 cm³/mol. The number of hydrogen-bond acceptors (Lipinski definition) is 2. The van der Waals surface area contributed by atoms with Crippen LogP contribution in [0.1, 0.15) is 38.5 Å². The lowest BCUT2D eigenvalue weighted by atomic mass is 9.73. The van der Waals surface area contributed by atoms with Gasteiger partial charge in [0.15, 0.2) is 5.96 Å². The topological polar surface area (TPSA) is 56.7 Å². The summed E-state index contributed by atoms with van der Waals surface area (Å²) in [5.41, 5.74) is 0.517. The molecule has 2 N–H and O–H groups in total. The van der Waals surface area contributed by atoms with E-state index in [0.717, 1.165) is 19.0 Å². The molecular weight excluding hydrogens is 367 g/mol. The fourth-order valence-electron chi connectivity index (χ4n) is 3.41. The highest BCUT2D eigenvalue weighted by molar-refractivity contribution is 14.0. The molecule has 2 rings (SSSR count). The average Bonchev–Trinajstić information content (AvgIpc) is 2.83. The van der Waals surface area contributed by atoms with Crippen molar-refractivity contribution >= 4 is 35.8 Å². The Balaban J connectivity index is 0.00000200. The second-order valence-corrected chi connectivity index (χ2v) is 5.81. The Kier molecular flexibility index (Phi) is 7.05. The lowest BCUT2D eigenvalue weighted by molar-refractivity contribution is -0.119. The second-order valence-electron chi connectivity index (χ2n) is 5.81. The van der Waals surface area contributed by atoms with E-state index in [1.165, 1.54) is 38.5 Å². The van der Waals surface area contributed by atoms with Gasteiger partial charge < -0.3 is 15.5 Å². The summed E-state index contributed by atoms with van der Waals surface area (Å²) in [4.78, 5) is 17.9. The number of amides is 1. The van der Waals surface area contributed by atoms with E-state index >= 15 is 0 Å². The van der Waals surface area contributed by atoms with Crippen LogP contribution in [0.25, 0.3) is 0 Å². The number of likely N-dealkylation sites (N-methyl/N-ethyl adjacent to an activating group) is 1. The van der Waals surface area contributed by atoms with Gasteiger partial charge in [0.1, 0.15) is 0 Å². The largest absolute Gasteiger partial charge is 0.358 e. The fraction of sp³-hybridized carbons (Fsp3) is 0.857. The molecular formula is C14H27IN4O. The Labute approximate surface area is 139 Å². The van der Waals surface area contributed by atoms with Gasteiger partial charge in [-0.25, -0.2) is 0 Å². The summed E-state index contributed by atoms with van der Waals surface area (Å²) >= 11 is 0. The van der Waals surface area contributed by atoms with Crippen LogP contribution < -0.4 is 10.6 Å². The Bertz CT molecular complexity index is 353. The number of likely N-dealkylation sites (tertiary alicyclic amines) is 1. The number of carbonyl (C=O) groups excluding carboxylic acids is 1. The molecule has 5 nitrogen and oxygen atoms in total. The molecule has 0 aromatic heterocycles. The van der Waals surface area contributed by atoms with E-state index in [0.29, 0.717) is 12.0 Å². The maximum atomic E-state index is 11.3. The Morgan fingerprint density at radius 1 is 1.25 bits per heavy atom. The van der Waals surface area contributed by atoms with Gasteiger partial charge in [-0.15, -0.1) is 24.0 Å². The highest BCUT2D eigenvalue weighted by atomic mass is 127. The molecule has 1 amide bonds. The summed E-state index contributed by atoms with van der Waals surface area (Å²) in [6.07, 6.45) is 8.13. The Morgan fingerprint density at radius 3 is 2.55 bits per heavy atom. The third-order valence-electron chi connectivity index (χ3n) is 4.55. The highest BCUT2D eigenvalue weighted by Crippen LogP contribution is 2.43. The van der Waals surface area contributed by atoms with Crippen molar-refractivity contribution in [2.24, 2.45) is 10.4 Å². The number of aliphatic imine (C=N–C) groups is 1. The van der Waals surface area contributed by atoms with Crippen molar-refractivity contribution in [1.29, 1.82) is 0 Å². The van der Waals surface area contributed by atoms with E-state index in [9.17, 15) is 4.79 Å². The molecule has 116 valence electrons. The number of hydrogen-bond donors (Lipinski definition) is 2. The molecule has 2 fully saturated rings. The standard InChI is InChI=1S/C14H26N4O.HI/c1-15-12(19)10-17-13(16-2)18-9-8-14(11-18)6-4-3-5-7-14;/h3-11H2,1-2H3,(H,15,19)(H,16,17);1H. The summed E-state index contributed by atoms with van der Waals surface area (Å²) in [5.74, 6) is 0.860. The number of rotatable bonds is 2. The summed E-state index contributed by atoms with van der Waals surface area (Å²) < 4.78 is 0. The van der Waals surface area contributed by atoms with Gasteiger partial charge in [0.25, 0.3) is 0 Å². The van der Waals surface area contributed by atoms with Gasteiger partial charge in [-0.3, -0.25) is 9.79 Å². The van der Waals surface area contributed by atoms with Crippen molar-refractivity contribution < 1.29 is 4.79 Å². The van der Waals surface area contributed by atoms with Crippen LogP contribution in [0.5, 0.6) is 0 Å². The van der Waals surface area contributed by atoms with Crippen molar-refractivity contribution in [2.75, 3.05) is 33.7 Å². The van der Waals surface area contributed by atoms with E-state index in [1.54, 1.807) is 14.1 Å². The van der Waals surface area contributed by atoms with Gasteiger partial charge in [0.2, 0.25) is 5.91 Å². The van der Waals surface area contributed by atoms with Gasteiger partial charge in [-0.1, -0.05) is 19.3 Å². The molecule has 20 heavy (non-hydrogen) atoms. The molecule has 1 heterocycles. The summed E-state index contributed by atoms with van der Waals surface area (Å²) in [5, 5.41) is 5.76. The molecule has 1 aliphatic carbocycles. The van der Waals surface area contributed by atoms with Gasteiger partial charge in [-0.2, -0.15) is 0 Å². The van der Waals surface area contributed by atoms with Crippen LogP contribution in [0.4, 0.5) is 0 Å². The third-order valence-corrected chi connectivity index (χ3v) is 4.55.